The number of nitrogens with zero attached hydrogens (tertiary/aromatic N) is 2. The highest BCUT2D eigenvalue weighted by Gasteiger charge is 2.23. The maximum absolute atomic E-state index is 12.8. The van der Waals surface area contributed by atoms with Crippen molar-refractivity contribution in [3.05, 3.63) is 70.8 Å². The molecule has 3 aromatic rings. The predicted molar refractivity (Wildman–Crippen MR) is 102 cm³/mol. The van der Waals surface area contributed by atoms with Crippen LogP contribution in [0.5, 0.6) is 0 Å². The van der Waals surface area contributed by atoms with Crippen molar-refractivity contribution in [2.75, 3.05) is 11.9 Å². The second-order valence-corrected chi connectivity index (χ2v) is 6.16. The van der Waals surface area contributed by atoms with Crippen LogP contribution >= 0.6 is 0 Å². The van der Waals surface area contributed by atoms with Gasteiger partial charge >= 0.3 is 5.97 Å². The number of carbonyl (C=O) groups is 2. The Morgan fingerprint density at radius 1 is 1.22 bits per heavy atom. The number of anilines is 1. The highest BCUT2D eigenvalue weighted by Crippen LogP contribution is 2.22. The number of benzene rings is 1. The molecule has 140 valence electrons. The summed E-state index contributed by atoms with van der Waals surface area (Å²) in [6.07, 6.45) is 3.58. The van der Waals surface area contributed by atoms with Crippen LogP contribution in [-0.2, 0) is 11.3 Å². The Labute approximate surface area is 157 Å². The van der Waals surface area contributed by atoms with Gasteiger partial charge < -0.3 is 15.0 Å². The van der Waals surface area contributed by atoms with Crippen LogP contribution < -0.4 is 5.32 Å². The van der Waals surface area contributed by atoms with Crippen molar-refractivity contribution < 1.29 is 14.3 Å². The summed E-state index contributed by atoms with van der Waals surface area (Å²) in [4.78, 5) is 28.0. The third kappa shape index (κ3) is 3.92. The first-order valence-electron chi connectivity index (χ1n) is 8.74. The van der Waals surface area contributed by atoms with Gasteiger partial charge in [-0.3, -0.25) is 9.48 Å². The first-order valence-corrected chi connectivity index (χ1v) is 8.74. The molecule has 0 atom stereocenters. The Balaban J connectivity index is 1.84. The summed E-state index contributed by atoms with van der Waals surface area (Å²) in [7, 11) is 0. The average molecular weight is 366 g/mol. The summed E-state index contributed by atoms with van der Waals surface area (Å²) < 4.78 is 6.86. The van der Waals surface area contributed by atoms with Crippen molar-refractivity contribution in [3.8, 4) is 0 Å². The number of esters is 1. The minimum absolute atomic E-state index is 0.283. The van der Waals surface area contributed by atoms with Gasteiger partial charge in [0.1, 0.15) is 5.69 Å². The number of ether oxygens (including phenoxy) is 1. The van der Waals surface area contributed by atoms with Gasteiger partial charge in [0, 0.05) is 23.8 Å². The van der Waals surface area contributed by atoms with E-state index in [1.807, 2.05) is 36.5 Å². The molecular weight excluding hydrogens is 344 g/mol. The van der Waals surface area contributed by atoms with E-state index in [-0.39, 0.29) is 12.5 Å². The lowest BCUT2D eigenvalue weighted by atomic mass is 10.1. The average Bonchev–Trinajstić information content (AvgIpc) is 3.24. The molecule has 2 heterocycles. The van der Waals surface area contributed by atoms with E-state index >= 15 is 0 Å². The summed E-state index contributed by atoms with van der Waals surface area (Å²) in [5.41, 5.74) is 3.58. The Hall–Kier alpha value is -3.35. The molecule has 1 aromatic carbocycles. The summed E-state index contributed by atoms with van der Waals surface area (Å²) in [5, 5.41) is 7.13. The molecule has 7 nitrogen and oxygen atoms in total. The number of hydrogen-bond donors (Lipinski definition) is 2. The minimum atomic E-state index is -0.429. The van der Waals surface area contributed by atoms with Crippen LogP contribution in [0, 0.1) is 13.8 Å². The second-order valence-electron chi connectivity index (χ2n) is 6.16. The summed E-state index contributed by atoms with van der Waals surface area (Å²) in [6, 6.07) is 9.40. The number of hydrogen-bond acceptors (Lipinski definition) is 4. The van der Waals surface area contributed by atoms with Crippen molar-refractivity contribution >= 4 is 17.6 Å². The first-order chi connectivity index (χ1) is 13.0. The van der Waals surface area contributed by atoms with E-state index < -0.39 is 5.97 Å². The number of rotatable bonds is 6. The number of nitrogens with one attached hydrogen (secondary N) is 2. The number of carbonyl (C=O) groups excluding carboxylic acids is 2. The molecule has 0 aliphatic heterocycles. The normalized spacial score (nSPS) is 10.6. The van der Waals surface area contributed by atoms with Crippen LogP contribution in [0.3, 0.4) is 0 Å². The van der Waals surface area contributed by atoms with Gasteiger partial charge in [0.2, 0.25) is 0 Å². The monoisotopic (exact) mass is 366 g/mol. The van der Waals surface area contributed by atoms with Gasteiger partial charge in [0.25, 0.3) is 5.91 Å². The largest absolute Gasteiger partial charge is 0.462 e. The molecule has 0 aliphatic rings. The molecule has 2 aromatic heterocycles. The predicted octanol–water partition coefficient (Wildman–Crippen LogP) is 3.31. The van der Waals surface area contributed by atoms with Crippen LogP contribution in [0.4, 0.5) is 5.69 Å². The van der Waals surface area contributed by atoms with Crippen molar-refractivity contribution in [2.45, 2.75) is 27.3 Å². The number of aromatic amines is 1. The highest BCUT2D eigenvalue weighted by molar-refractivity contribution is 6.07. The van der Waals surface area contributed by atoms with E-state index in [2.05, 4.69) is 15.4 Å². The quantitative estimate of drug-likeness (QED) is 0.655. The summed E-state index contributed by atoms with van der Waals surface area (Å²) in [6.45, 7) is 6.06. The van der Waals surface area contributed by atoms with Crippen molar-refractivity contribution in [1.82, 2.24) is 14.8 Å². The molecule has 0 radical (unpaired) electrons. The lowest BCUT2D eigenvalue weighted by Gasteiger charge is -2.11. The Kier molecular flexibility index (Phi) is 5.40. The zero-order valence-electron chi connectivity index (χ0n) is 15.6. The van der Waals surface area contributed by atoms with Gasteiger partial charge in [-0.05, 0) is 44.0 Å². The molecule has 0 aliphatic carbocycles. The van der Waals surface area contributed by atoms with Crippen LogP contribution in [0.15, 0.2) is 42.7 Å². The number of aromatic nitrogens is 3. The molecule has 0 spiro atoms. The molecule has 0 unspecified atom stereocenters. The van der Waals surface area contributed by atoms with Gasteiger partial charge in [-0.2, -0.15) is 5.10 Å². The number of aryl methyl sites for hydroxylation is 1. The van der Waals surface area contributed by atoms with Gasteiger partial charge in [0.15, 0.2) is 0 Å². The van der Waals surface area contributed by atoms with Crippen molar-refractivity contribution in [2.24, 2.45) is 0 Å². The van der Waals surface area contributed by atoms with Gasteiger partial charge in [-0.25, -0.2) is 4.79 Å². The lowest BCUT2D eigenvalue weighted by Crippen LogP contribution is -2.16. The SMILES string of the molecule is CCOC(=O)c1c(C)[nH]c(C(=O)Nc2ccccc2Cn2cccn2)c1C. The van der Waals surface area contributed by atoms with Crippen LogP contribution in [0.2, 0.25) is 0 Å². The molecule has 7 heteroatoms. The van der Waals surface area contributed by atoms with E-state index in [1.165, 1.54) is 0 Å². The van der Waals surface area contributed by atoms with Crippen molar-refractivity contribution in [3.63, 3.8) is 0 Å². The first kappa shape index (κ1) is 18.4. The van der Waals surface area contributed by atoms with Crippen LogP contribution in [-0.4, -0.2) is 33.2 Å². The Morgan fingerprint density at radius 2 is 2.00 bits per heavy atom. The van der Waals surface area contributed by atoms with E-state index in [4.69, 9.17) is 4.74 Å². The maximum Gasteiger partial charge on any atom is 0.340 e. The van der Waals surface area contributed by atoms with Gasteiger partial charge in [-0.15, -0.1) is 0 Å². The number of para-hydroxylation sites is 1. The standard InChI is InChI=1S/C20H22N4O3/c1-4-27-20(26)17-13(2)18(22-14(17)3)19(25)23-16-9-6-5-8-15(16)12-24-11-7-10-21-24/h5-11,22H,4,12H2,1-3H3,(H,23,25). The van der Waals surface area contributed by atoms with E-state index in [9.17, 15) is 9.59 Å². The second kappa shape index (κ2) is 7.90. The molecule has 0 bridgehead atoms. The Bertz CT molecular complexity index is 958. The molecule has 0 saturated carbocycles. The molecular formula is C20H22N4O3. The van der Waals surface area contributed by atoms with Gasteiger partial charge in [0.05, 0.1) is 18.7 Å². The number of amides is 1. The smallest absolute Gasteiger partial charge is 0.340 e. The van der Waals surface area contributed by atoms with Crippen LogP contribution in [0.1, 0.15) is 44.6 Å². The van der Waals surface area contributed by atoms with Crippen LogP contribution in [0.25, 0.3) is 0 Å². The molecule has 1 amide bonds. The fourth-order valence-corrected chi connectivity index (χ4v) is 3.02. The lowest BCUT2D eigenvalue weighted by molar-refractivity contribution is 0.0525. The zero-order valence-corrected chi connectivity index (χ0v) is 15.6. The minimum Gasteiger partial charge on any atom is -0.462 e. The van der Waals surface area contributed by atoms with E-state index in [0.717, 1.165) is 5.56 Å². The molecule has 0 saturated heterocycles. The van der Waals surface area contributed by atoms with Crippen molar-refractivity contribution in [1.29, 1.82) is 0 Å². The number of H-pyrrole nitrogens is 1. The maximum atomic E-state index is 12.8. The Morgan fingerprint density at radius 3 is 2.70 bits per heavy atom. The fraction of sp³-hybridized carbons (Fsp3) is 0.250. The third-order valence-electron chi connectivity index (χ3n) is 4.30. The topological polar surface area (TPSA) is 89.0 Å². The molecule has 27 heavy (non-hydrogen) atoms. The molecule has 2 N–H and O–H groups in total. The summed E-state index contributed by atoms with van der Waals surface area (Å²) in [5.74, 6) is -0.735. The summed E-state index contributed by atoms with van der Waals surface area (Å²) >= 11 is 0. The highest BCUT2D eigenvalue weighted by atomic mass is 16.5. The molecule has 3 rings (SSSR count). The van der Waals surface area contributed by atoms with E-state index in [1.54, 1.807) is 31.6 Å². The van der Waals surface area contributed by atoms with Gasteiger partial charge in [-0.1, -0.05) is 18.2 Å². The van der Waals surface area contributed by atoms with E-state index in [0.29, 0.717) is 34.7 Å². The fourth-order valence-electron chi connectivity index (χ4n) is 3.02. The molecule has 0 fully saturated rings. The third-order valence-corrected chi connectivity index (χ3v) is 4.30. The zero-order chi connectivity index (χ0) is 19.4.